The topological polar surface area (TPSA) is 35.5 Å². The van der Waals surface area contributed by atoms with E-state index in [1.165, 1.54) is 38.5 Å². The van der Waals surface area contributed by atoms with E-state index in [2.05, 4.69) is 6.92 Å². The van der Waals surface area contributed by atoms with Crippen LogP contribution < -0.4 is 4.74 Å². The lowest BCUT2D eigenvalue weighted by atomic mass is 9.75. The maximum Gasteiger partial charge on any atom is 0.420 e. The SMILES string of the molecule is CCCC1CCC(C2CCC(c3ccc(CC(=O)c4ccc(OCC)c(F)c4C(F)(F)F)cc3)CO2)CC1. The van der Waals surface area contributed by atoms with Gasteiger partial charge in [0, 0.05) is 17.9 Å². The van der Waals surface area contributed by atoms with Crippen molar-refractivity contribution in [2.45, 2.75) is 89.8 Å². The summed E-state index contributed by atoms with van der Waals surface area (Å²) in [5, 5.41) is 0. The zero-order chi connectivity index (χ0) is 27.3. The van der Waals surface area contributed by atoms with Crippen LogP contribution in [0.2, 0.25) is 0 Å². The van der Waals surface area contributed by atoms with Crippen molar-refractivity contribution in [3.05, 3.63) is 64.5 Å². The minimum absolute atomic E-state index is 0.0145. The number of Topliss-reactive ketones (excluding diaryl/α,β-unsaturated/α-hetero) is 1. The number of alkyl halides is 3. The molecule has 0 N–H and O–H groups in total. The minimum Gasteiger partial charge on any atom is -0.491 e. The molecule has 0 spiro atoms. The second-order valence-corrected chi connectivity index (χ2v) is 10.8. The molecule has 2 aromatic carbocycles. The van der Waals surface area contributed by atoms with Crippen LogP contribution in [0.15, 0.2) is 36.4 Å². The number of ether oxygens (including phenoxy) is 2. The van der Waals surface area contributed by atoms with E-state index >= 15 is 0 Å². The lowest BCUT2D eigenvalue weighted by Crippen LogP contribution is -2.33. The number of carbonyl (C=O) groups excluding carboxylic acids is 1. The molecule has 38 heavy (non-hydrogen) atoms. The Morgan fingerprint density at radius 3 is 2.26 bits per heavy atom. The third-order valence-corrected chi connectivity index (χ3v) is 8.23. The zero-order valence-corrected chi connectivity index (χ0v) is 22.3. The van der Waals surface area contributed by atoms with Crippen LogP contribution in [0.5, 0.6) is 5.75 Å². The minimum atomic E-state index is -5.01. The highest BCUT2D eigenvalue weighted by molar-refractivity contribution is 5.99. The van der Waals surface area contributed by atoms with Crippen LogP contribution in [-0.2, 0) is 17.3 Å². The lowest BCUT2D eigenvalue weighted by molar-refractivity contribution is -0.140. The van der Waals surface area contributed by atoms with Crippen molar-refractivity contribution in [1.29, 1.82) is 0 Å². The molecule has 1 saturated heterocycles. The Labute approximate surface area is 222 Å². The van der Waals surface area contributed by atoms with E-state index < -0.39 is 34.7 Å². The first kappa shape index (κ1) is 28.6. The van der Waals surface area contributed by atoms with Gasteiger partial charge in [-0.25, -0.2) is 4.39 Å². The average Bonchev–Trinajstić information content (AvgIpc) is 2.90. The molecule has 0 bridgehead atoms. The molecule has 4 rings (SSSR count). The van der Waals surface area contributed by atoms with Gasteiger partial charge < -0.3 is 9.47 Å². The van der Waals surface area contributed by atoms with Gasteiger partial charge in [-0.1, -0.05) is 56.9 Å². The van der Waals surface area contributed by atoms with Crippen LogP contribution in [0.1, 0.15) is 98.2 Å². The summed E-state index contributed by atoms with van der Waals surface area (Å²) in [5.41, 5.74) is -0.565. The van der Waals surface area contributed by atoms with E-state index in [0.717, 1.165) is 36.5 Å². The maximum absolute atomic E-state index is 14.6. The lowest BCUT2D eigenvalue weighted by Gasteiger charge is -2.38. The van der Waals surface area contributed by atoms with Gasteiger partial charge in [-0.2, -0.15) is 13.2 Å². The molecule has 1 saturated carbocycles. The largest absolute Gasteiger partial charge is 0.491 e. The number of benzene rings is 2. The summed E-state index contributed by atoms with van der Waals surface area (Å²) in [7, 11) is 0. The molecule has 0 radical (unpaired) electrons. The number of hydrogen-bond acceptors (Lipinski definition) is 3. The molecule has 2 aromatic rings. The normalized spacial score (nSPS) is 24.3. The van der Waals surface area contributed by atoms with Crippen molar-refractivity contribution in [3.8, 4) is 5.75 Å². The Bertz CT molecular complexity index is 1060. The summed E-state index contributed by atoms with van der Waals surface area (Å²) in [4.78, 5) is 12.8. The fourth-order valence-electron chi connectivity index (χ4n) is 6.19. The standard InChI is InChI=1S/C31H38F4O3/c1-3-5-20-6-12-23(13-7-20)27-16-14-24(19-38-27)22-10-8-21(9-11-22)18-26(36)25-15-17-28(37-4-2)30(32)29(25)31(33,34)35/h8-11,15,17,20,23-24,27H,3-7,12-14,16,18-19H2,1-2H3. The Morgan fingerprint density at radius 1 is 0.974 bits per heavy atom. The van der Waals surface area contributed by atoms with Crippen molar-refractivity contribution in [2.75, 3.05) is 13.2 Å². The molecule has 1 aliphatic heterocycles. The summed E-state index contributed by atoms with van der Waals surface area (Å²) in [6.45, 7) is 4.48. The molecule has 1 aliphatic carbocycles. The van der Waals surface area contributed by atoms with Crippen LogP contribution in [0.3, 0.4) is 0 Å². The van der Waals surface area contributed by atoms with Crippen molar-refractivity contribution in [3.63, 3.8) is 0 Å². The molecular weight excluding hydrogens is 496 g/mol. The van der Waals surface area contributed by atoms with E-state index in [4.69, 9.17) is 9.47 Å². The number of halogens is 4. The molecular formula is C31H38F4O3. The molecule has 208 valence electrons. The maximum atomic E-state index is 14.6. The van der Waals surface area contributed by atoms with Crippen LogP contribution in [0, 0.1) is 17.7 Å². The predicted octanol–water partition coefficient (Wildman–Crippen LogP) is 8.54. The molecule has 2 fully saturated rings. The van der Waals surface area contributed by atoms with Gasteiger partial charge in [0.05, 0.1) is 19.3 Å². The second-order valence-electron chi connectivity index (χ2n) is 10.8. The quantitative estimate of drug-likeness (QED) is 0.239. The molecule has 2 aliphatic rings. The molecule has 7 heteroatoms. The predicted molar refractivity (Wildman–Crippen MR) is 139 cm³/mol. The van der Waals surface area contributed by atoms with Crippen molar-refractivity contribution >= 4 is 5.78 Å². The van der Waals surface area contributed by atoms with E-state index in [9.17, 15) is 22.4 Å². The smallest absolute Gasteiger partial charge is 0.420 e. The third-order valence-electron chi connectivity index (χ3n) is 8.23. The van der Waals surface area contributed by atoms with Gasteiger partial charge in [0.15, 0.2) is 17.3 Å². The fraction of sp³-hybridized carbons (Fsp3) is 0.581. The number of rotatable bonds is 9. The monoisotopic (exact) mass is 534 g/mol. The Kier molecular flexibility index (Phi) is 9.50. The van der Waals surface area contributed by atoms with E-state index in [1.807, 2.05) is 12.1 Å². The molecule has 2 unspecified atom stereocenters. The average molecular weight is 535 g/mol. The van der Waals surface area contributed by atoms with Crippen molar-refractivity contribution in [2.24, 2.45) is 11.8 Å². The highest BCUT2D eigenvalue weighted by Gasteiger charge is 2.40. The summed E-state index contributed by atoms with van der Waals surface area (Å²) in [6, 6.07) is 9.48. The van der Waals surface area contributed by atoms with Crippen molar-refractivity contribution in [1.82, 2.24) is 0 Å². The van der Waals surface area contributed by atoms with Crippen LogP contribution >= 0.6 is 0 Å². The highest BCUT2D eigenvalue weighted by Crippen LogP contribution is 2.40. The van der Waals surface area contributed by atoms with Crippen LogP contribution in [-0.4, -0.2) is 25.1 Å². The van der Waals surface area contributed by atoms with E-state index in [-0.39, 0.29) is 18.9 Å². The summed E-state index contributed by atoms with van der Waals surface area (Å²) in [6.07, 6.45) is 4.90. The summed E-state index contributed by atoms with van der Waals surface area (Å²) in [5.74, 6) is -1.04. The molecule has 0 amide bonds. The molecule has 0 aromatic heterocycles. The van der Waals surface area contributed by atoms with Crippen LogP contribution in [0.4, 0.5) is 17.6 Å². The van der Waals surface area contributed by atoms with Gasteiger partial charge in [0.1, 0.15) is 5.56 Å². The van der Waals surface area contributed by atoms with E-state index in [0.29, 0.717) is 24.2 Å². The first-order valence-electron chi connectivity index (χ1n) is 14.0. The van der Waals surface area contributed by atoms with E-state index in [1.54, 1.807) is 19.1 Å². The molecule has 2 atom stereocenters. The first-order valence-corrected chi connectivity index (χ1v) is 14.0. The van der Waals surface area contributed by atoms with Gasteiger partial charge in [-0.15, -0.1) is 0 Å². The number of carbonyl (C=O) groups is 1. The van der Waals surface area contributed by atoms with Gasteiger partial charge in [-0.3, -0.25) is 4.79 Å². The molecule has 3 nitrogen and oxygen atoms in total. The second kappa shape index (κ2) is 12.6. The van der Waals surface area contributed by atoms with Gasteiger partial charge in [0.25, 0.3) is 0 Å². The van der Waals surface area contributed by atoms with Crippen molar-refractivity contribution < 1.29 is 31.8 Å². The fourth-order valence-corrected chi connectivity index (χ4v) is 6.19. The van der Waals surface area contributed by atoms with Gasteiger partial charge in [0.2, 0.25) is 0 Å². The highest BCUT2D eigenvalue weighted by atomic mass is 19.4. The molecule has 1 heterocycles. The summed E-state index contributed by atoms with van der Waals surface area (Å²) >= 11 is 0. The first-order chi connectivity index (χ1) is 18.2. The summed E-state index contributed by atoms with van der Waals surface area (Å²) < 4.78 is 66.7. The van der Waals surface area contributed by atoms with Gasteiger partial charge >= 0.3 is 6.18 Å². The Hall–Kier alpha value is -2.41. The van der Waals surface area contributed by atoms with Crippen LogP contribution in [0.25, 0.3) is 0 Å². The third kappa shape index (κ3) is 6.77. The van der Waals surface area contributed by atoms with Gasteiger partial charge in [-0.05, 0) is 67.7 Å². The Balaban J connectivity index is 1.35. The zero-order valence-electron chi connectivity index (χ0n) is 22.3. The number of ketones is 1. The number of hydrogen-bond donors (Lipinski definition) is 0. The Morgan fingerprint density at radius 2 is 1.68 bits per heavy atom.